The van der Waals surface area contributed by atoms with Gasteiger partial charge < -0.3 is 10.6 Å². The van der Waals surface area contributed by atoms with E-state index in [0.29, 0.717) is 12.8 Å². The molecule has 0 heterocycles. The van der Waals surface area contributed by atoms with E-state index in [0.717, 1.165) is 66.2 Å². The number of hydrogen-bond donors (Lipinski definition) is 2. The van der Waals surface area contributed by atoms with E-state index in [9.17, 15) is 9.59 Å². The molecule has 0 fully saturated rings. The third kappa shape index (κ3) is 7.56. The molecule has 0 aromatic heterocycles. The number of carbonyl (C=O) groups is 2. The van der Waals surface area contributed by atoms with E-state index >= 15 is 0 Å². The normalized spacial score (nSPS) is 10.7. The van der Waals surface area contributed by atoms with Crippen molar-refractivity contribution in [3.8, 4) is 0 Å². The van der Waals surface area contributed by atoms with Gasteiger partial charge in [0.15, 0.2) is 0 Å². The zero-order chi connectivity index (χ0) is 21.9. The Kier molecular flexibility index (Phi) is 8.65. The molecule has 0 atom stereocenters. The summed E-state index contributed by atoms with van der Waals surface area (Å²) in [5.74, 6) is 0.127. The minimum atomic E-state index is 0.0573. The van der Waals surface area contributed by atoms with Crippen LogP contribution in [0.25, 0.3) is 10.8 Å². The molecule has 3 rings (SSSR count). The number of fused-ring (bicyclic) bond motifs is 1. The van der Waals surface area contributed by atoms with Crippen molar-refractivity contribution >= 4 is 34.0 Å². The average molecular weight is 416 g/mol. The van der Waals surface area contributed by atoms with Crippen LogP contribution < -0.4 is 10.6 Å². The molecule has 0 unspecified atom stereocenters. The number of anilines is 2. The first kappa shape index (κ1) is 22.5. The van der Waals surface area contributed by atoms with Gasteiger partial charge in [-0.3, -0.25) is 9.59 Å². The maximum atomic E-state index is 12.3. The Bertz CT molecular complexity index is 990. The second-order valence-electron chi connectivity index (χ2n) is 7.94. The van der Waals surface area contributed by atoms with Crippen molar-refractivity contribution in [3.63, 3.8) is 0 Å². The third-order valence-electron chi connectivity index (χ3n) is 5.36. The summed E-state index contributed by atoms with van der Waals surface area (Å²) in [6.07, 6.45) is 7.11. The molecule has 0 aliphatic heterocycles. The molecule has 1 radical (unpaired) electrons. The quantitative estimate of drug-likeness (QED) is 0.342. The van der Waals surface area contributed by atoms with E-state index in [1.54, 1.807) is 0 Å². The molecular formula is C27H31N2O2. The van der Waals surface area contributed by atoms with Gasteiger partial charge in [0.2, 0.25) is 11.8 Å². The van der Waals surface area contributed by atoms with Crippen molar-refractivity contribution < 1.29 is 9.59 Å². The minimum Gasteiger partial charge on any atom is -0.326 e. The van der Waals surface area contributed by atoms with Gasteiger partial charge in [-0.2, -0.15) is 0 Å². The Morgan fingerprint density at radius 1 is 0.645 bits per heavy atom. The first-order valence-electron chi connectivity index (χ1n) is 11.1. The van der Waals surface area contributed by atoms with Crippen molar-refractivity contribution in [1.29, 1.82) is 0 Å². The van der Waals surface area contributed by atoms with Gasteiger partial charge in [-0.15, -0.1) is 0 Å². The molecule has 0 bridgehead atoms. The van der Waals surface area contributed by atoms with Crippen LogP contribution in [-0.4, -0.2) is 11.8 Å². The van der Waals surface area contributed by atoms with Crippen molar-refractivity contribution in [2.75, 3.05) is 10.6 Å². The Morgan fingerprint density at radius 3 is 1.94 bits per heavy atom. The topological polar surface area (TPSA) is 58.2 Å². The monoisotopic (exact) mass is 415 g/mol. The summed E-state index contributed by atoms with van der Waals surface area (Å²) in [6.45, 7) is 3.84. The van der Waals surface area contributed by atoms with Gasteiger partial charge in [-0.05, 0) is 48.9 Å². The van der Waals surface area contributed by atoms with Crippen molar-refractivity contribution in [3.05, 3.63) is 79.2 Å². The number of amides is 2. The summed E-state index contributed by atoms with van der Waals surface area (Å²) in [6, 6.07) is 21.6. The second-order valence-corrected chi connectivity index (χ2v) is 7.94. The molecule has 3 aromatic rings. The Labute approximate surface area is 185 Å². The molecular weight excluding hydrogens is 384 g/mol. The van der Waals surface area contributed by atoms with Crippen LogP contribution >= 0.6 is 0 Å². The summed E-state index contributed by atoms with van der Waals surface area (Å²) < 4.78 is 0. The molecule has 0 aliphatic carbocycles. The number of hydrogen-bond acceptors (Lipinski definition) is 2. The average Bonchev–Trinajstić information content (AvgIpc) is 2.77. The van der Waals surface area contributed by atoms with Gasteiger partial charge in [-0.1, -0.05) is 74.2 Å². The highest BCUT2D eigenvalue weighted by atomic mass is 16.2. The lowest BCUT2D eigenvalue weighted by Crippen LogP contribution is -2.11. The van der Waals surface area contributed by atoms with Gasteiger partial charge >= 0.3 is 0 Å². The highest BCUT2D eigenvalue weighted by Crippen LogP contribution is 2.23. The number of benzene rings is 3. The number of carbonyl (C=O) groups excluding carboxylic acids is 2. The maximum Gasteiger partial charge on any atom is 0.224 e. The molecule has 4 nitrogen and oxygen atoms in total. The first-order chi connectivity index (χ1) is 15.1. The van der Waals surface area contributed by atoms with E-state index in [2.05, 4.69) is 29.7 Å². The number of nitrogens with one attached hydrogen (secondary N) is 2. The van der Waals surface area contributed by atoms with Gasteiger partial charge in [0, 0.05) is 29.6 Å². The first-order valence-corrected chi connectivity index (χ1v) is 11.1. The van der Waals surface area contributed by atoms with Crippen LogP contribution in [0, 0.1) is 6.92 Å². The summed E-state index contributed by atoms with van der Waals surface area (Å²) >= 11 is 0. The number of unbranched alkanes of at least 4 members (excludes halogenated alkanes) is 5. The standard InChI is InChI=1S/C27H31N2O2/c1-21-17-19-23(20-18-21)28-26(30)15-6-4-2-3-5-7-16-27(31)29-25-14-10-12-22-11-8-9-13-24(22)25/h8-14,17-20H,1-7,15-16H2,(H,28,30)(H,29,31). The minimum absolute atomic E-state index is 0.0573. The summed E-state index contributed by atoms with van der Waals surface area (Å²) in [5.41, 5.74) is 2.63. The molecule has 0 saturated heterocycles. The molecule has 4 heteroatoms. The van der Waals surface area contributed by atoms with Crippen LogP contribution in [0.1, 0.15) is 56.9 Å². The van der Waals surface area contributed by atoms with Crippen LogP contribution in [-0.2, 0) is 9.59 Å². The summed E-state index contributed by atoms with van der Waals surface area (Å²) in [4.78, 5) is 24.2. The highest BCUT2D eigenvalue weighted by Gasteiger charge is 2.06. The van der Waals surface area contributed by atoms with Crippen LogP contribution in [0.4, 0.5) is 11.4 Å². The predicted molar refractivity (Wildman–Crippen MR) is 129 cm³/mol. The van der Waals surface area contributed by atoms with Crippen molar-refractivity contribution in [1.82, 2.24) is 0 Å². The maximum absolute atomic E-state index is 12.3. The lowest BCUT2D eigenvalue weighted by atomic mass is 10.1. The molecule has 161 valence electrons. The Balaban J connectivity index is 1.24. The van der Waals surface area contributed by atoms with Gasteiger partial charge in [-0.25, -0.2) is 0 Å². The van der Waals surface area contributed by atoms with Crippen LogP contribution in [0.3, 0.4) is 0 Å². The fraction of sp³-hybridized carbons (Fsp3) is 0.296. The lowest BCUT2D eigenvalue weighted by molar-refractivity contribution is -0.117. The third-order valence-corrected chi connectivity index (χ3v) is 5.36. The second kappa shape index (κ2) is 11.9. The van der Waals surface area contributed by atoms with Crippen LogP contribution in [0.15, 0.2) is 66.7 Å². The van der Waals surface area contributed by atoms with E-state index in [1.165, 1.54) is 0 Å². The largest absolute Gasteiger partial charge is 0.326 e. The lowest BCUT2D eigenvalue weighted by Gasteiger charge is -2.09. The Hall–Kier alpha value is -3.14. The molecule has 2 N–H and O–H groups in total. The highest BCUT2D eigenvalue weighted by molar-refractivity contribution is 6.02. The Morgan fingerprint density at radius 2 is 1.23 bits per heavy atom. The zero-order valence-electron chi connectivity index (χ0n) is 18.0. The molecule has 0 spiro atoms. The fourth-order valence-electron chi connectivity index (χ4n) is 3.64. The molecule has 2 amide bonds. The molecule has 3 aromatic carbocycles. The molecule has 0 saturated carbocycles. The fourth-order valence-corrected chi connectivity index (χ4v) is 3.64. The van der Waals surface area contributed by atoms with Gasteiger partial charge in [0.1, 0.15) is 0 Å². The number of rotatable bonds is 11. The summed E-state index contributed by atoms with van der Waals surface area (Å²) in [5, 5.41) is 8.16. The van der Waals surface area contributed by atoms with E-state index in [4.69, 9.17) is 0 Å². The van der Waals surface area contributed by atoms with Crippen molar-refractivity contribution in [2.24, 2.45) is 0 Å². The molecule has 31 heavy (non-hydrogen) atoms. The SMILES string of the molecule is [CH2]c1ccc(NC(=O)CCCCCCCCC(=O)Nc2cccc3ccccc23)cc1. The van der Waals surface area contributed by atoms with Crippen molar-refractivity contribution in [2.45, 2.75) is 51.4 Å². The van der Waals surface area contributed by atoms with Crippen LogP contribution in [0.2, 0.25) is 0 Å². The molecule has 0 aliphatic rings. The van der Waals surface area contributed by atoms with E-state index in [-0.39, 0.29) is 11.8 Å². The predicted octanol–water partition coefficient (Wildman–Crippen LogP) is 6.72. The van der Waals surface area contributed by atoms with E-state index in [1.807, 2.05) is 54.6 Å². The smallest absolute Gasteiger partial charge is 0.224 e. The summed E-state index contributed by atoms with van der Waals surface area (Å²) in [7, 11) is 0. The zero-order valence-corrected chi connectivity index (χ0v) is 18.0. The van der Waals surface area contributed by atoms with Gasteiger partial charge in [0.05, 0.1) is 0 Å². The van der Waals surface area contributed by atoms with Crippen LogP contribution in [0.5, 0.6) is 0 Å². The van der Waals surface area contributed by atoms with Gasteiger partial charge in [0.25, 0.3) is 0 Å². The van der Waals surface area contributed by atoms with E-state index < -0.39 is 0 Å².